The molecule has 2 rings (SSSR count). The summed E-state index contributed by atoms with van der Waals surface area (Å²) < 4.78 is 0. The SMILES string of the molecule is Cc1cc(C(=O)Nc2ccccc2)sc1C#CCN. The largest absolute Gasteiger partial charge is 0.321 e. The van der Waals surface area contributed by atoms with Crippen LogP contribution in [0.15, 0.2) is 36.4 Å². The molecule has 0 saturated heterocycles. The quantitative estimate of drug-likeness (QED) is 0.824. The topological polar surface area (TPSA) is 55.1 Å². The molecule has 0 aliphatic heterocycles. The van der Waals surface area contributed by atoms with Gasteiger partial charge in [-0.15, -0.1) is 11.3 Å². The Morgan fingerprint density at radius 2 is 2.11 bits per heavy atom. The number of carbonyl (C=O) groups excluding carboxylic acids is 1. The normalized spacial score (nSPS) is 9.58. The molecule has 2 aromatic rings. The molecule has 0 aliphatic carbocycles. The molecular formula is C15H14N2OS. The highest BCUT2D eigenvalue weighted by molar-refractivity contribution is 7.14. The summed E-state index contributed by atoms with van der Waals surface area (Å²) in [6.45, 7) is 2.26. The van der Waals surface area contributed by atoms with E-state index in [-0.39, 0.29) is 5.91 Å². The van der Waals surface area contributed by atoms with Gasteiger partial charge in [-0.05, 0) is 30.7 Å². The van der Waals surface area contributed by atoms with Gasteiger partial charge in [-0.25, -0.2) is 0 Å². The Morgan fingerprint density at radius 3 is 2.79 bits per heavy atom. The van der Waals surface area contributed by atoms with E-state index in [2.05, 4.69) is 17.2 Å². The van der Waals surface area contributed by atoms with Crippen molar-refractivity contribution >= 4 is 22.9 Å². The number of nitrogens with one attached hydrogen (secondary N) is 1. The fraction of sp³-hybridized carbons (Fsp3) is 0.133. The highest BCUT2D eigenvalue weighted by atomic mass is 32.1. The Kier molecular flexibility index (Phi) is 4.35. The summed E-state index contributed by atoms with van der Waals surface area (Å²) >= 11 is 1.39. The number of carbonyl (C=O) groups is 1. The zero-order valence-electron chi connectivity index (χ0n) is 10.6. The average molecular weight is 270 g/mol. The maximum Gasteiger partial charge on any atom is 0.265 e. The molecule has 0 atom stereocenters. The Labute approximate surface area is 116 Å². The van der Waals surface area contributed by atoms with Gasteiger partial charge in [-0.1, -0.05) is 30.0 Å². The van der Waals surface area contributed by atoms with Gasteiger partial charge in [-0.2, -0.15) is 0 Å². The predicted octanol–water partition coefficient (Wildman–Crippen LogP) is 2.62. The summed E-state index contributed by atoms with van der Waals surface area (Å²) in [4.78, 5) is 13.6. The molecule has 0 spiro atoms. The Bertz CT molecular complexity index is 635. The molecule has 0 fully saturated rings. The van der Waals surface area contributed by atoms with Crippen molar-refractivity contribution in [1.29, 1.82) is 0 Å². The first-order chi connectivity index (χ1) is 9.20. The van der Waals surface area contributed by atoms with E-state index in [0.717, 1.165) is 16.1 Å². The molecule has 0 aliphatic rings. The van der Waals surface area contributed by atoms with E-state index in [0.29, 0.717) is 11.4 Å². The van der Waals surface area contributed by atoms with Crippen LogP contribution in [0.2, 0.25) is 0 Å². The fourth-order valence-corrected chi connectivity index (χ4v) is 2.51. The zero-order valence-corrected chi connectivity index (χ0v) is 11.4. The van der Waals surface area contributed by atoms with Gasteiger partial charge >= 0.3 is 0 Å². The minimum atomic E-state index is -0.111. The summed E-state index contributed by atoms with van der Waals surface area (Å²) in [5.41, 5.74) is 7.14. The first-order valence-electron chi connectivity index (χ1n) is 5.86. The third kappa shape index (κ3) is 3.44. The lowest BCUT2D eigenvalue weighted by Gasteiger charge is -2.01. The number of rotatable bonds is 2. The Hall–Kier alpha value is -2.09. The number of benzene rings is 1. The summed E-state index contributed by atoms with van der Waals surface area (Å²) in [5, 5.41) is 2.85. The minimum absolute atomic E-state index is 0.111. The van der Waals surface area contributed by atoms with Crippen LogP contribution >= 0.6 is 11.3 Å². The van der Waals surface area contributed by atoms with Crippen molar-refractivity contribution < 1.29 is 4.79 Å². The van der Waals surface area contributed by atoms with Gasteiger partial charge in [0.1, 0.15) is 0 Å². The number of hydrogen-bond donors (Lipinski definition) is 2. The number of hydrogen-bond acceptors (Lipinski definition) is 3. The van der Waals surface area contributed by atoms with E-state index in [4.69, 9.17) is 5.73 Å². The van der Waals surface area contributed by atoms with E-state index in [1.165, 1.54) is 11.3 Å². The van der Waals surface area contributed by atoms with Gasteiger partial charge in [0.15, 0.2) is 0 Å². The molecule has 0 saturated carbocycles. The van der Waals surface area contributed by atoms with Crippen molar-refractivity contribution in [2.24, 2.45) is 5.73 Å². The van der Waals surface area contributed by atoms with Gasteiger partial charge in [0.25, 0.3) is 5.91 Å². The van der Waals surface area contributed by atoms with Gasteiger partial charge in [0.05, 0.1) is 16.3 Å². The molecule has 1 aromatic carbocycles. The minimum Gasteiger partial charge on any atom is -0.321 e. The van der Waals surface area contributed by atoms with Crippen molar-refractivity contribution in [3.63, 3.8) is 0 Å². The molecule has 0 bridgehead atoms. The summed E-state index contributed by atoms with van der Waals surface area (Å²) in [5.74, 6) is 5.67. The third-order valence-electron chi connectivity index (χ3n) is 2.48. The second-order valence-corrected chi connectivity index (χ2v) is 5.00. The van der Waals surface area contributed by atoms with Crippen LogP contribution in [0.4, 0.5) is 5.69 Å². The molecule has 3 N–H and O–H groups in total. The van der Waals surface area contributed by atoms with E-state index in [1.54, 1.807) is 0 Å². The second-order valence-electron chi connectivity index (χ2n) is 3.95. The van der Waals surface area contributed by atoms with Crippen molar-refractivity contribution in [3.8, 4) is 11.8 Å². The van der Waals surface area contributed by atoms with Crippen LogP contribution < -0.4 is 11.1 Å². The zero-order chi connectivity index (χ0) is 13.7. The first kappa shape index (κ1) is 13.3. The highest BCUT2D eigenvalue weighted by Gasteiger charge is 2.11. The lowest BCUT2D eigenvalue weighted by atomic mass is 10.2. The Morgan fingerprint density at radius 1 is 1.37 bits per heavy atom. The van der Waals surface area contributed by atoms with E-state index >= 15 is 0 Å². The van der Waals surface area contributed by atoms with Crippen LogP contribution in [0.25, 0.3) is 0 Å². The fourth-order valence-electron chi connectivity index (χ4n) is 1.56. The molecule has 19 heavy (non-hydrogen) atoms. The molecule has 1 heterocycles. The van der Waals surface area contributed by atoms with Crippen molar-refractivity contribution in [3.05, 3.63) is 51.7 Å². The lowest BCUT2D eigenvalue weighted by Crippen LogP contribution is -2.09. The van der Waals surface area contributed by atoms with Crippen LogP contribution in [0, 0.1) is 18.8 Å². The molecule has 0 radical (unpaired) electrons. The second kappa shape index (κ2) is 6.19. The van der Waals surface area contributed by atoms with Gasteiger partial charge in [0, 0.05) is 5.69 Å². The molecule has 1 aromatic heterocycles. The molecule has 1 amide bonds. The number of amides is 1. The number of aryl methyl sites for hydroxylation is 1. The summed E-state index contributed by atoms with van der Waals surface area (Å²) in [6, 6.07) is 11.2. The van der Waals surface area contributed by atoms with Crippen LogP contribution in [-0.4, -0.2) is 12.5 Å². The van der Waals surface area contributed by atoms with Crippen LogP contribution in [0.1, 0.15) is 20.1 Å². The summed E-state index contributed by atoms with van der Waals surface area (Å²) in [7, 11) is 0. The molecular weight excluding hydrogens is 256 g/mol. The lowest BCUT2D eigenvalue weighted by molar-refractivity contribution is 0.103. The number of para-hydroxylation sites is 1. The van der Waals surface area contributed by atoms with Crippen LogP contribution in [0.3, 0.4) is 0 Å². The monoisotopic (exact) mass is 270 g/mol. The summed E-state index contributed by atoms with van der Waals surface area (Å²) in [6.07, 6.45) is 0. The standard InChI is InChI=1S/C15H14N2OS/c1-11-10-14(19-13(11)8-5-9-16)15(18)17-12-6-3-2-4-7-12/h2-4,6-7,10H,9,16H2,1H3,(H,17,18). The van der Waals surface area contributed by atoms with E-state index in [1.807, 2.05) is 43.3 Å². The number of thiophene rings is 1. The molecule has 3 nitrogen and oxygen atoms in total. The van der Waals surface area contributed by atoms with E-state index in [9.17, 15) is 4.79 Å². The smallest absolute Gasteiger partial charge is 0.265 e. The van der Waals surface area contributed by atoms with Crippen molar-refractivity contribution in [1.82, 2.24) is 0 Å². The third-order valence-corrected chi connectivity index (χ3v) is 3.63. The van der Waals surface area contributed by atoms with Gasteiger partial charge < -0.3 is 11.1 Å². The average Bonchev–Trinajstić information content (AvgIpc) is 2.79. The Balaban J connectivity index is 2.16. The van der Waals surface area contributed by atoms with Crippen LogP contribution in [0.5, 0.6) is 0 Å². The van der Waals surface area contributed by atoms with Gasteiger partial charge in [0.2, 0.25) is 0 Å². The molecule has 0 unspecified atom stereocenters. The first-order valence-corrected chi connectivity index (χ1v) is 6.68. The number of nitrogens with two attached hydrogens (primary N) is 1. The number of anilines is 1. The predicted molar refractivity (Wildman–Crippen MR) is 79.4 cm³/mol. The van der Waals surface area contributed by atoms with Crippen LogP contribution in [-0.2, 0) is 0 Å². The highest BCUT2D eigenvalue weighted by Crippen LogP contribution is 2.22. The molecule has 96 valence electrons. The maximum atomic E-state index is 12.1. The van der Waals surface area contributed by atoms with Crippen molar-refractivity contribution in [2.45, 2.75) is 6.92 Å². The molecule has 4 heteroatoms. The van der Waals surface area contributed by atoms with Gasteiger partial charge in [-0.3, -0.25) is 4.79 Å². The maximum absolute atomic E-state index is 12.1. The van der Waals surface area contributed by atoms with Crippen molar-refractivity contribution in [2.75, 3.05) is 11.9 Å². The van der Waals surface area contributed by atoms with E-state index < -0.39 is 0 Å².